The number of nitro benzene ring substituents is 1. The van der Waals surface area contributed by atoms with Crippen molar-refractivity contribution in [3.8, 4) is 23.0 Å². The fourth-order valence-corrected chi connectivity index (χ4v) is 3.24. The van der Waals surface area contributed by atoms with Gasteiger partial charge in [-0.15, -0.1) is 0 Å². The van der Waals surface area contributed by atoms with Crippen LogP contribution in [0, 0.1) is 10.1 Å². The van der Waals surface area contributed by atoms with E-state index >= 15 is 0 Å². The van der Waals surface area contributed by atoms with E-state index in [-0.39, 0.29) is 34.3 Å². The molecule has 0 heterocycles. The fourth-order valence-electron chi connectivity index (χ4n) is 3.24. The van der Waals surface area contributed by atoms with Gasteiger partial charge < -0.3 is 19.7 Å². The molecule has 0 aromatic heterocycles. The predicted octanol–water partition coefficient (Wildman–Crippen LogP) is 4.97. The second-order valence-electron chi connectivity index (χ2n) is 7.66. The third-order valence-electron chi connectivity index (χ3n) is 5.21. The molecule has 9 heteroatoms. The van der Waals surface area contributed by atoms with Crippen LogP contribution in [0.15, 0.2) is 78.4 Å². The Hall–Kier alpha value is -5.18. The van der Waals surface area contributed by atoms with Crippen LogP contribution in [-0.2, 0) is 9.59 Å². The van der Waals surface area contributed by atoms with Crippen molar-refractivity contribution in [3.63, 3.8) is 0 Å². The van der Waals surface area contributed by atoms with Crippen molar-refractivity contribution in [2.24, 2.45) is 0 Å². The maximum atomic E-state index is 13.1. The Morgan fingerprint density at radius 2 is 1.19 bits per heavy atom. The molecule has 0 saturated heterocycles. The van der Waals surface area contributed by atoms with E-state index in [1.165, 1.54) is 93.1 Å². The Labute approximate surface area is 212 Å². The topological polar surface area (TPSA) is 136 Å². The number of benzene rings is 3. The average molecular weight is 501 g/mol. The molecule has 0 aliphatic heterocycles. The zero-order chi connectivity index (χ0) is 26.9. The normalized spacial score (nSPS) is 10.9. The van der Waals surface area contributed by atoms with Crippen LogP contribution in [0.25, 0.3) is 18.2 Å². The van der Waals surface area contributed by atoms with Gasteiger partial charge in [0.1, 0.15) is 0 Å². The minimum absolute atomic E-state index is 0.0593. The first-order valence-corrected chi connectivity index (χ1v) is 10.9. The monoisotopic (exact) mass is 501 g/mol. The molecule has 3 aromatic carbocycles. The van der Waals surface area contributed by atoms with E-state index < -0.39 is 16.5 Å². The zero-order valence-electron chi connectivity index (χ0n) is 20.0. The summed E-state index contributed by atoms with van der Waals surface area (Å²) in [7, 11) is 2.79. The van der Waals surface area contributed by atoms with Crippen LogP contribution in [-0.4, -0.2) is 40.9 Å². The minimum Gasteiger partial charge on any atom is -0.504 e. The number of non-ortho nitro benzene ring substituents is 1. The summed E-state index contributed by atoms with van der Waals surface area (Å²) in [6, 6.07) is 14.4. The molecule has 37 heavy (non-hydrogen) atoms. The number of ketones is 2. The number of phenols is 2. The number of rotatable bonds is 10. The van der Waals surface area contributed by atoms with E-state index in [0.29, 0.717) is 16.7 Å². The van der Waals surface area contributed by atoms with Gasteiger partial charge in [0.15, 0.2) is 34.6 Å². The van der Waals surface area contributed by atoms with Crippen LogP contribution in [0.3, 0.4) is 0 Å². The second kappa shape index (κ2) is 12.0. The lowest BCUT2D eigenvalue weighted by atomic mass is 10.0. The molecule has 2 N–H and O–H groups in total. The van der Waals surface area contributed by atoms with Gasteiger partial charge in [0.25, 0.3) is 5.69 Å². The van der Waals surface area contributed by atoms with Gasteiger partial charge in [-0.25, -0.2) is 0 Å². The SMILES string of the molecule is COc1cc(/C=C/C(=O)C(=Cc2ccc([N+](=O)[O-])cc2)C(=O)/C=C/c2ccc(O)c(OC)c2)ccc1O. The summed E-state index contributed by atoms with van der Waals surface area (Å²) in [5.74, 6) is -0.891. The van der Waals surface area contributed by atoms with Gasteiger partial charge >= 0.3 is 0 Å². The first-order valence-electron chi connectivity index (χ1n) is 10.9. The summed E-state index contributed by atoms with van der Waals surface area (Å²) in [6.45, 7) is 0. The summed E-state index contributed by atoms with van der Waals surface area (Å²) < 4.78 is 10.1. The number of carbonyl (C=O) groups excluding carboxylic acids is 2. The highest BCUT2D eigenvalue weighted by atomic mass is 16.6. The first-order chi connectivity index (χ1) is 17.7. The van der Waals surface area contributed by atoms with Gasteiger partial charge in [-0.2, -0.15) is 0 Å². The molecule has 0 atom stereocenters. The van der Waals surface area contributed by atoms with Crippen LogP contribution in [0.5, 0.6) is 23.0 Å². The van der Waals surface area contributed by atoms with Crippen molar-refractivity contribution in [1.29, 1.82) is 0 Å². The van der Waals surface area contributed by atoms with Crippen molar-refractivity contribution in [3.05, 3.63) is 105 Å². The molecular formula is C28H23NO8. The molecule has 0 amide bonds. The lowest BCUT2D eigenvalue weighted by Crippen LogP contribution is -2.08. The Balaban J connectivity index is 1.94. The smallest absolute Gasteiger partial charge is 0.269 e. The lowest BCUT2D eigenvalue weighted by Gasteiger charge is -2.05. The molecule has 0 spiro atoms. The minimum atomic E-state index is -0.608. The molecule has 3 rings (SSSR count). The Morgan fingerprint density at radius 3 is 1.59 bits per heavy atom. The summed E-state index contributed by atoms with van der Waals surface area (Å²) in [6.07, 6.45) is 6.69. The number of ether oxygens (including phenoxy) is 2. The number of phenolic OH excluding ortho intramolecular Hbond substituents is 2. The molecule has 0 radical (unpaired) electrons. The predicted molar refractivity (Wildman–Crippen MR) is 138 cm³/mol. The molecular weight excluding hydrogens is 478 g/mol. The molecule has 0 unspecified atom stereocenters. The van der Waals surface area contributed by atoms with Crippen molar-refractivity contribution < 1.29 is 34.2 Å². The molecule has 9 nitrogen and oxygen atoms in total. The molecule has 0 saturated carbocycles. The lowest BCUT2D eigenvalue weighted by molar-refractivity contribution is -0.384. The van der Waals surface area contributed by atoms with Crippen molar-refractivity contribution in [1.82, 2.24) is 0 Å². The summed E-state index contributed by atoms with van der Waals surface area (Å²) >= 11 is 0. The Kier molecular flexibility index (Phi) is 8.56. The zero-order valence-corrected chi connectivity index (χ0v) is 20.0. The standard InChI is InChI=1S/C28H23NO8/c1-36-27-16-19(7-13-25(27)32)5-11-23(30)22(15-18-3-9-21(10-4-18)29(34)35)24(31)12-6-20-8-14-26(33)28(17-20)37-2/h3-17,32-33H,1-2H3/b11-5+,12-6+. The molecule has 0 fully saturated rings. The molecule has 0 bridgehead atoms. The number of methoxy groups -OCH3 is 2. The highest BCUT2D eigenvalue weighted by molar-refractivity contribution is 6.31. The van der Waals surface area contributed by atoms with E-state index in [0.717, 1.165) is 0 Å². The Morgan fingerprint density at radius 1 is 0.757 bits per heavy atom. The molecule has 0 aliphatic carbocycles. The summed E-state index contributed by atoms with van der Waals surface area (Å²) in [5, 5.41) is 30.4. The highest BCUT2D eigenvalue weighted by Gasteiger charge is 2.15. The summed E-state index contributed by atoms with van der Waals surface area (Å²) in [5.41, 5.74) is 1.21. The number of allylic oxidation sites excluding steroid dienone is 3. The van der Waals surface area contributed by atoms with Gasteiger partial charge in [-0.1, -0.05) is 24.3 Å². The molecule has 0 aliphatic rings. The highest BCUT2D eigenvalue weighted by Crippen LogP contribution is 2.28. The van der Waals surface area contributed by atoms with E-state index in [1.54, 1.807) is 12.1 Å². The number of nitro groups is 1. The Bertz CT molecular complexity index is 1340. The first kappa shape index (κ1) is 26.4. The number of aromatic hydroxyl groups is 2. The van der Waals surface area contributed by atoms with Crippen LogP contribution in [0.1, 0.15) is 16.7 Å². The van der Waals surface area contributed by atoms with Gasteiger partial charge in [0.05, 0.1) is 24.7 Å². The van der Waals surface area contributed by atoms with Crippen molar-refractivity contribution in [2.75, 3.05) is 14.2 Å². The van der Waals surface area contributed by atoms with Crippen LogP contribution in [0.2, 0.25) is 0 Å². The van der Waals surface area contributed by atoms with E-state index in [2.05, 4.69) is 0 Å². The number of hydrogen-bond acceptors (Lipinski definition) is 8. The third kappa shape index (κ3) is 6.92. The van der Waals surface area contributed by atoms with Gasteiger partial charge in [0, 0.05) is 12.1 Å². The number of nitrogens with zero attached hydrogens (tertiary/aromatic N) is 1. The average Bonchev–Trinajstić information content (AvgIpc) is 2.90. The van der Waals surface area contributed by atoms with Gasteiger partial charge in [0.2, 0.25) is 0 Å². The largest absolute Gasteiger partial charge is 0.504 e. The van der Waals surface area contributed by atoms with Crippen LogP contribution >= 0.6 is 0 Å². The van der Waals surface area contributed by atoms with E-state index in [4.69, 9.17) is 9.47 Å². The molecule has 188 valence electrons. The molecule has 3 aromatic rings. The maximum Gasteiger partial charge on any atom is 0.269 e. The number of hydrogen-bond donors (Lipinski definition) is 2. The van der Waals surface area contributed by atoms with Gasteiger partial charge in [-0.3, -0.25) is 19.7 Å². The quantitative estimate of drug-likeness (QED) is 0.131. The second-order valence-corrected chi connectivity index (χ2v) is 7.66. The maximum absolute atomic E-state index is 13.1. The summed E-state index contributed by atoms with van der Waals surface area (Å²) in [4.78, 5) is 36.5. The van der Waals surface area contributed by atoms with Crippen molar-refractivity contribution >= 4 is 35.5 Å². The van der Waals surface area contributed by atoms with Crippen molar-refractivity contribution in [2.45, 2.75) is 0 Å². The van der Waals surface area contributed by atoms with Crippen LogP contribution < -0.4 is 9.47 Å². The third-order valence-corrected chi connectivity index (χ3v) is 5.21. The van der Waals surface area contributed by atoms with Crippen LogP contribution in [0.4, 0.5) is 5.69 Å². The van der Waals surface area contributed by atoms with E-state index in [1.807, 2.05) is 0 Å². The number of carbonyl (C=O) groups is 2. The fraction of sp³-hybridized carbons (Fsp3) is 0.0714. The van der Waals surface area contributed by atoms with E-state index in [9.17, 15) is 29.9 Å². The van der Waals surface area contributed by atoms with Gasteiger partial charge in [-0.05, 0) is 71.3 Å².